The molecule has 2 aromatic heterocycles. The van der Waals surface area contributed by atoms with Gasteiger partial charge in [0.1, 0.15) is 0 Å². The van der Waals surface area contributed by atoms with Crippen LogP contribution in [0.2, 0.25) is 0 Å². The smallest absolute Gasteiger partial charge is 0.255 e. The SMILES string of the molecule is Cc1cc(C(=O)N2CCC(CCC(=O)NCc3cccnc3)CC2)c(C)n1C. The van der Waals surface area contributed by atoms with E-state index in [1.807, 2.05) is 44.0 Å². The van der Waals surface area contributed by atoms with Gasteiger partial charge in [-0.3, -0.25) is 14.6 Å². The third-order valence-corrected chi connectivity index (χ3v) is 5.90. The third-order valence-electron chi connectivity index (χ3n) is 5.90. The number of aromatic nitrogens is 2. The maximum Gasteiger partial charge on any atom is 0.255 e. The van der Waals surface area contributed by atoms with E-state index in [0.717, 1.165) is 54.9 Å². The highest BCUT2D eigenvalue weighted by Crippen LogP contribution is 2.24. The van der Waals surface area contributed by atoms with Crippen LogP contribution in [0.3, 0.4) is 0 Å². The Balaban J connectivity index is 1.41. The van der Waals surface area contributed by atoms with Crippen molar-refractivity contribution in [3.8, 4) is 0 Å². The highest BCUT2D eigenvalue weighted by molar-refractivity contribution is 5.95. The number of carbonyl (C=O) groups is 2. The summed E-state index contributed by atoms with van der Waals surface area (Å²) in [6.07, 6.45) is 6.84. The van der Waals surface area contributed by atoms with Crippen molar-refractivity contribution in [3.63, 3.8) is 0 Å². The molecule has 0 spiro atoms. The van der Waals surface area contributed by atoms with E-state index in [1.165, 1.54) is 0 Å². The van der Waals surface area contributed by atoms with Crippen molar-refractivity contribution in [3.05, 3.63) is 53.1 Å². The predicted octanol–water partition coefficient (Wildman–Crippen LogP) is 2.99. The maximum absolute atomic E-state index is 12.8. The van der Waals surface area contributed by atoms with Gasteiger partial charge < -0.3 is 14.8 Å². The molecule has 1 fully saturated rings. The van der Waals surface area contributed by atoms with Gasteiger partial charge >= 0.3 is 0 Å². The van der Waals surface area contributed by atoms with Gasteiger partial charge in [0.25, 0.3) is 5.91 Å². The lowest BCUT2D eigenvalue weighted by Crippen LogP contribution is -2.39. The van der Waals surface area contributed by atoms with Crippen LogP contribution in [0.1, 0.15) is 53.0 Å². The number of amides is 2. The molecule has 6 heteroatoms. The van der Waals surface area contributed by atoms with Crippen LogP contribution in [0.5, 0.6) is 0 Å². The average molecular weight is 383 g/mol. The Hall–Kier alpha value is -2.63. The zero-order valence-electron chi connectivity index (χ0n) is 17.1. The lowest BCUT2D eigenvalue weighted by atomic mass is 9.91. The Bertz CT molecular complexity index is 821. The van der Waals surface area contributed by atoms with E-state index in [-0.39, 0.29) is 11.8 Å². The summed E-state index contributed by atoms with van der Waals surface area (Å²) in [5.41, 5.74) is 3.95. The lowest BCUT2D eigenvalue weighted by molar-refractivity contribution is -0.121. The summed E-state index contributed by atoms with van der Waals surface area (Å²) < 4.78 is 2.06. The number of rotatable bonds is 6. The summed E-state index contributed by atoms with van der Waals surface area (Å²) in [5, 5.41) is 2.96. The van der Waals surface area contributed by atoms with Gasteiger partial charge in [-0.1, -0.05) is 6.07 Å². The van der Waals surface area contributed by atoms with E-state index in [9.17, 15) is 9.59 Å². The van der Waals surface area contributed by atoms with Crippen LogP contribution in [0, 0.1) is 19.8 Å². The van der Waals surface area contributed by atoms with Crippen molar-refractivity contribution in [2.45, 2.75) is 46.1 Å². The molecule has 0 atom stereocenters. The van der Waals surface area contributed by atoms with E-state index in [1.54, 1.807) is 12.4 Å². The molecule has 1 N–H and O–H groups in total. The molecule has 0 aromatic carbocycles. The molecule has 2 aromatic rings. The van der Waals surface area contributed by atoms with Crippen LogP contribution in [-0.2, 0) is 18.4 Å². The molecule has 0 aliphatic carbocycles. The van der Waals surface area contributed by atoms with Gasteiger partial charge in [0.05, 0.1) is 5.56 Å². The van der Waals surface area contributed by atoms with Gasteiger partial charge in [-0.2, -0.15) is 0 Å². The van der Waals surface area contributed by atoms with Gasteiger partial charge in [0.2, 0.25) is 5.91 Å². The minimum atomic E-state index is 0.0812. The van der Waals surface area contributed by atoms with Crippen molar-refractivity contribution in [2.75, 3.05) is 13.1 Å². The third kappa shape index (κ3) is 4.80. The van der Waals surface area contributed by atoms with Crippen molar-refractivity contribution >= 4 is 11.8 Å². The Morgan fingerprint density at radius 3 is 2.61 bits per heavy atom. The molecule has 1 saturated heterocycles. The fourth-order valence-corrected chi connectivity index (χ4v) is 3.79. The van der Waals surface area contributed by atoms with Gasteiger partial charge in [0, 0.05) is 56.9 Å². The first-order valence-electron chi connectivity index (χ1n) is 10.0. The first-order chi connectivity index (χ1) is 13.5. The minimum absolute atomic E-state index is 0.0812. The van der Waals surface area contributed by atoms with Crippen LogP contribution in [0.4, 0.5) is 0 Å². The normalized spacial score (nSPS) is 14.9. The zero-order valence-corrected chi connectivity index (χ0v) is 17.1. The maximum atomic E-state index is 12.8. The molecule has 0 saturated carbocycles. The molecule has 2 amide bonds. The number of nitrogens with zero attached hydrogens (tertiary/aromatic N) is 3. The zero-order chi connectivity index (χ0) is 20.1. The Morgan fingerprint density at radius 1 is 1.25 bits per heavy atom. The highest BCUT2D eigenvalue weighted by atomic mass is 16.2. The minimum Gasteiger partial charge on any atom is -0.352 e. The summed E-state index contributed by atoms with van der Waals surface area (Å²) in [5.74, 6) is 0.721. The van der Waals surface area contributed by atoms with E-state index < -0.39 is 0 Å². The second-order valence-electron chi connectivity index (χ2n) is 7.76. The van der Waals surface area contributed by atoms with Crippen LogP contribution < -0.4 is 5.32 Å². The van der Waals surface area contributed by atoms with Gasteiger partial charge in [-0.05, 0) is 56.7 Å². The molecule has 0 bridgehead atoms. The molecule has 28 heavy (non-hydrogen) atoms. The van der Waals surface area contributed by atoms with E-state index in [2.05, 4.69) is 14.9 Å². The van der Waals surface area contributed by atoms with Gasteiger partial charge in [0.15, 0.2) is 0 Å². The molecule has 0 radical (unpaired) electrons. The number of carbonyl (C=O) groups excluding carboxylic acids is 2. The molecular weight excluding hydrogens is 352 g/mol. The topological polar surface area (TPSA) is 67.2 Å². The summed E-state index contributed by atoms with van der Waals surface area (Å²) >= 11 is 0. The first-order valence-corrected chi connectivity index (χ1v) is 10.0. The van der Waals surface area contributed by atoms with Crippen molar-refractivity contribution in [1.82, 2.24) is 19.8 Å². The highest BCUT2D eigenvalue weighted by Gasteiger charge is 2.26. The number of hydrogen-bond donors (Lipinski definition) is 1. The van der Waals surface area contributed by atoms with E-state index in [0.29, 0.717) is 18.9 Å². The molecule has 3 rings (SSSR count). The van der Waals surface area contributed by atoms with Crippen LogP contribution in [0.15, 0.2) is 30.6 Å². The Labute approximate surface area is 166 Å². The quantitative estimate of drug-likeness (QED) is 0.835. The second-order valence-corrected chi connectivity index (χ2v) is 7.76. The number of piperidine rings is 1. The summed E-state index contributed by atoms with van der Waals surface area (Å²) in [7, 11) is 1.99. The first kappa shape index (κ1) is 20.1. The standard InChI is InChI=1S/C22H30N4O2/c1-16-13-20(17(2)25(16)3)22(28)26-11-8-18(9-12-26)6-7-21(27)24-15-19-5-4-10-23-14-19/h4-5,10,13-14,18H,6-9,11-12,15H2,1-3H3,(H,24,27). The molecule has 0 unspecified atom stereocenters. The number of likely N-dealkylation sites (tertiary alicyclic amines) is 1. The van der Waals surface area contributed by atoms with Crippen molar-refractivity contribution in [2.24, 2.45) is 13.0 Å². The molecule has 1 aliphatic heterocycles. The van der Waals surface area contributed by atoms with Crippen LogP contribution >= 0.6 is 0 Å². The van der Waals surface area contributed by atoms with E-state index in [4.69, 9.17) is 0 Å². The monoisotopic (exact) mass is 382 g/mol. The Morgan fingerprint density at radius 2 is 2.00 bits per heavy atom. The van der Waals surface area contributed by atoms with E-state index >= 15 is 0 Å². The van der Waals surface area contributed by atoms with Crippen molar-refractivity contribution in [1.29, 1.82) is 0 Å². The summed E-state index contributed by atoms with van der Waals surface area (Å²) in [6.45, 7) is 6.09. The fraction of sp³-hybridized carbons (Fsp3) is 0.500. The summed E-state index contributed by atoms with van der Waals surface area (Å²) in [6, 6.07) is 5.81. The van der Waals surface area contributed by atoms with Crippen molar-refractivity contribution < 1.29 is 9.59 Å². The number of hydrogen-bond acceptors (Lipinski definition) is 3. The molecular formula is C22H30N4O2. The average Bonchev–Trinajstić information content (AvgIpc) is 2.98. The lowest BCUT2D eigenvalue weighted by Gasteiger charge is -2.32. The largest absolute Gasteiger partial charge is 0.352 e. The number of aryl methyl sites for hydroxylation is 1. The summed E-state index contributed by atoms with van der Waals surface area (Å²) in [4.78, 5) is 30.9. The Kier molecular flexibility index (Phi) is 6.49. The van der Waals surface area contributed by atoms with Gasteiger partial charge in [-0.25, -0.2) is 0 Å². The number of pyridine rings is 1. The molecule has 3 heterocycles. The molecule has 150 valence electrons. The van der Waals surface area contributed by atoms with Crippen LogP contribution in [0.25, 0.3) is 0 Å². The molecule has 1 aliphatic rings. The van der Waals surface area contributed by atoms with Crippen LogP contribution in [-0.4, -0.2) is 39.4 Å². The van der Waals surface area contributed by atoms with Gasteiger partial charge in [-0.15, -0.1) is 0 Å². The molecule has 6 nitrogen and oxygen atoms in total. The fourth-order valence-electron chi connectivity index (χ4n) is 3.79. The second kappa shape index (κ2) is 9.04. The predicted molar refractivity (Wildman–Crippen MR) is 109 cm³/mol. The number of nitrogens with one attached hydrogen (secondary N) is 1.